The van der Waals surface area contributed by atoms with E-state index in [9.17, 15) is 4.79 Å². The van der Waals surface area contributed by atoms with E-state index in [1.807, 2.05) is 42.5 Å². The molecule has 0 unspecified atom stereocenters. The molecule has 0 saturated heterocycles. The molecule has 3 aromatic rings. The average molecular weight is 334 g/mol. The van der Waals surface area contributed by atoms with Gasteiger partial charge < -0.3 is 10.1 Å². The van der Waals surface area contributed by atoms with Crippen molar-refractivity contribution in [1.29, 1.82) is 0 Å². The van der Waals surface area contributed by atoms with Crippen LogP contribution in [0.15, 0.2) is 55.1 Å². The van der Waals surface area contributed by atoms with Gasteiger partial charge in [-0.2, -0.15) is 5.10 Å². The van der Waals surface area contributed by atoms with E-state index in [0.717, 1.165) is 35.6 Å². The summed E-state index contributed by atoms with van der Waals surface area (Å²) >= 11 is 0. The lowest BCUT2D eigenvalue weighted by Gasteiger charge is -2.08. The number of benzene rings is 2. The van der Waals surface area contributed by atoms with Gasteiger partial charge in [0.1, 0.15) is 18.4 Å². The SMILES string of the molecule is O=C(Cc1ccc2c(c1)OCC2)Nc1ccc(Cn2cncn2)cc1. The third kappa shape index (κ3) is 3.68. The van der Waals surface area contributed by atoms with Gasteiger partial charge in [0.2, 0.25) is 5.91 Å². The summed E-state index contributed by atoms with van der Waals surface area (Å²) in [6, 6.07) is 13.7. The van der Waals surface area contributed by atoms with Crippen LogP contribution in [0.2, 0.25) is 0 Å². The van der Waals surface area contributed by atoms with Crippen LogP contribution < -0.4 is 10.1 Å². The summed E-state index contributed by atoms with van der Waals surface area (Å²) in [6.07, 6.45) is 4.47. The molecule has 1 aliphatic heterocycles. The predicted molar refractivity (Wildman–Crippen MR) is 93.5 cm³/mol. The van der Waals surface area contributed by atoms with Gasteiger partial charge in [0.25, 0.3) is 0 Å². The number of nitrogens with zero attached hydrogens (tertiary/aromatic N) is 3. The number of hydrogen-bond donors (Lipinski definition) is 1. The average Bonchev–Trinajstić information content (AvgIpc) is 3.27. The van der Waals surface area contributed by atoms with Crippen molar-refractivity contribution >= 4 is 11.6 Å². The number of amides is 1. The van der Waals surface area contributed by atoms with Gasteiger partial charge in [-0.3, -0.25) is 4.79 Å². The molecule has 1 N–H and O–H groups in total. The van der Waals surface area contributed by atoms with Gasteiger partial charge in [-0.05, 0) is 34.9 Å². The second kappa shape index (κ2) is 6.76. The van der Waals surface area contributed by atoms with Crippen molar-refractivity contribution in [3.05, 3.63) is 71.8 Å². The monoisotopic (exact) mass is 334 g/mol. The first-order valence-electron chi connectivity index (χ1n) is 8.22. The van der Waals surface area contributed by atoms with Gasteiger partial charge in [0, 0.05) is 12.1 Å². The zero-order chi connectivity index (χ0) is 17.1. The summed E-state index contributed by atoms with van der Waals surface area (Å²) in [5.74, 6) is 0.865. The maximum absolute atomic E-state index is 12.2. The molecule has 6 nitrogen and oxygen atoms in total. The third-order valence-electron chi connectivity index (χ3n) is 4.17. The third-order valence-corrected chi connectivity index (χ3v) is 4.17. The minimum absolute atomic E-state index is 0.0398. The number of fused-ring (bicyclic) bond motifs is 1. The first kappa shape index (κ1) is 15.4. The molecule has 0 radical (unpaired) electrons. The molecular formula is C19H18N4O2. The van der Waals surface area contributed by atoms with Gasteiger partial charge >= 0.3 is 0 Å². The normalized spacial score (nSPS) is 12.5. The van der Waals surface area contributed by atoms with Crippen molar-refractivity contribution in [1.82, 2.24) is 14.8 Å². The topological polar surface area (TPSA) is 69.0 Å². The van der Waals surface area contributed by atoms with Crippen LogP contribution in [0.1, 0.15) is 16.7 Å². The smallest absolute Gasteiger partial charge is 0.228 e. The molecule has 0 aliphatic carbocycles. The fraction of sp³-hybridized carbons (Fsp3) is 0.211. The van der Waals surface area contributed by atoms with Crippen molar-refractivity contribution < 1.29 is 9.53 Å². The molecule has 0 atom stereocenters. The molecule has 1 aliphatic rings. The predicted octanol–water partition coefficient (Wildman–Crippen LogP) is 2.44. The Balaban J connectivity index is 1.36. The van der Waals surface area contributed by atoms with Crippen molar-refractivity contribution in [2.24, 2.45) is 0 Å². The molecule has 126 valence electrons. The molecule has 25 heavy (non-hydrogen) atoms. The molecular weight excluding hydrogens is 316 g/mol. The Morgan fingerprint density at radius 3 is 2.80 bits per heavy atom. The van der Waals surface area contributed by atoms with Crippen LogP contribution in [0.25, 0.3) is 0 Å². The first-order chi connectivity index (χ1) is 12.3. The number of nitrogens with one attached hydrogen (secondary N) is 1. The van der Waals surface area contributed by atoms with E-state index >= 15 is 0 Å². The highest BCUT2D eigenvalue weighted by Crippen LogP contribution is 2.26. The molecule has 1 amide bonds. The number of anilines is 1. The Hall–Kier alpha value is -3.15. The van der Waals surface area contributed by atoms with E-state index in [-0.39, 0.29) is 5.91 Å². The van der Waals surface area contributed by atoms with Crippen LogP contribution in [-0.2, 0) is 24.2 Å². The summed E-state index contributed by atoms with van der Waals surface area (Å²) in [4.78, 5) is 16.2. The van der Waals surface area contributed by atoms with Gasteiger partial charge in [-0.25, -0.2) is 9.67 Å². The Morgan fingerprint density at radius 1 is 1.16 bits per heavy atom. The number of carbonyl (C=O) groups is 1. The van der Waals surface area contributed by atoms with E-state index in [0.29, 0.717) is 13.0 Å². The number of rotatable bonds is 5. The van der Waals surface area contributed by atoms with Gasteiger partial charge in [-0.1, -0.05) is 24.3 Å². The van der Waals surface area contributed by atoms with E-state index in [1.165, 1.54) is 11.9 Å². The molecule has 0 spiro atoms. The van der Waals surface area contributed by atoms with Crippen molar-refractivity contribution in [2.45, 2.75) is 19.4 Å². The van der Waals surface area contributed by atoms with Crippen LogP contribution in [0.5, 0.6) is 5.75 Å². The number of aromatic nitrogens is 3. The Bertz CT molecular complexity index is 873. The Morgan fingerprint density at radius 2 is 2.00 bits per heavy atom. The molecule has 0 fully saturated rings. The molecule has 2 aromatic carbocycles. The number of carbonyl (C=O) groups excluding carboxylic acids is 1. The van der Waals surface area contributed by atoms with Crippen LogP contribution in [0, 0.1) is 0 Å². The molecule has 6 heteroatoms. The maximum atomic E-state index is 12.2. The van der Waals surface area contributed by atoms with E-state index in [2.05, 4.69) is 15.4 Å². The lowest BCUT2D eigenvalue weighted by molar-refractivity contribution is -0.115. The highest BCUT2D eigenvalue weighted by molar-refractivity contribution is 5.92. The highest BCUT2D eigenvalue weighted by Gasteiger charge is 2.13. The second-order valence-electron chi connectivity index (χ2n) is 6.06. The minimum atomic E-state index is -0.0398. The number of hydrogen-bond acceptors (Lipinski definition) is 4. The summed E-state index contributed by atoms with van der Waals surface area (Å²) in [7, 11) is 0. The van der Waals surface area contributed by atoms with E-state index in [1.54, 1.807) is 11.0 Å². The van der Waals surface area contributed by atoms with Gasteiger partial charge in [-0.15, -0.1) is 0 Å². The molecule has 0 bridgehead atoms. The Labute approximate surface area is 145 Å². The second-order valence-corrected chi connectivity index (χ2v) is 6.06. The standard InChI is InChI=1S/C19H18N4O2/c24-19(10-15-1-4-16-7-8-25-18(16)9-15)22-17-5-2-14(3-6-17)11-23-13-20-12-21-23/h1-6,9,12-13H,7-8,10-11H2,(H,22,24). The van der Waals surface area contributed by atoms with Crippen molar-refractivity contribution in [3.63, 3.8) is 0 Å². The van der Waals surface area contributed by atoms with Gasteiger partial charge in [0.15, 0.2) is 0 Å². The lowest BCUT2D eigenvalue weighted by atomic mass is 10.1. The fourth-order valence-corrected chi connectivity index (χ4v) is 2.91. The lowest BCUT2D eigenvalue weighted by Crippen LogP contribution is -2.14. The number of ether oxygens (including phenoxy) is 1. The van der Waals surface area contributed by atoms with E-state index < -0.39 is 0 Å². The summed E-state index contributed by atoms with van der Waals surface area (Å²) in [6.45, 7) is 1.38. The molecule has 2 heterocycles. The molecule has 0 saturated carbocycles. The first-order valence-corrected chi connectivity index (χ1v) is 8.22. The highest BCUT2D eigenvalue weighted by atomic mass is 16.5. The largest absolute Gasteiger partial charge is 0.493 e. The van der Waals surface area contributed by atoms with Crippen LogP contribution in [0.3, 0.4) is 0 Å². The minimum Gasteiger partial charge on any atom is -0.493 e. The van der Waals surface area contributed by atoms with E-state index in [4.69, 9.17) is 4.74 Å². The van der Waals surface area contributed by atoms with Gasteiger partial charge in [0.05, 0.1) is 19.6 Å². The summed E-state index contributed by atoms with van der Waals surface area (Å²) in [5.41, 5.74) is 4.05. The zero-order valence-corrected chi connectivity index (χ0v) is 13.7. The summed E-state index contributed by atoms with van der Waals surface area (Å²) in [5, 5.41) is 7.01. The van der Waals surface area contributed by atoms with Crippen molar-refractivity contribution in [2.75, 3.05) is 11.9 Å². The zero-order valence-electron chi connectivity index (χ0n) is 13.7. The van der Waals surface area contributed by atoms with Crippen molar-refractivity contribution in [3.8, 4) is 5.75 Å². The summed E-state index contributed by atoms with van der Waals surface area (Å²) < 4.78 is 7.31. The quantitative estimate of drug-likeness (QED) is 0.778. The molecule has 4 rings (SSSR count). The van der Waals surface area contributed by atoms with Crippen LogP contribution in [-0.4, -0.2) is 27.3 Å². The fourth-order valence-electron chi connectivity index (χ4n) is 2.91. The Kier molecular flexibility index (Phi) is 4.16. The van der Waals surface area contributed by atoms with Crippen LogP contribution >= 0.6 is 0 Å². The maximum Gasteiger partial charge on any atom is 0.228 e. The molecule has 1 aromatic heterocycles. The van der Waals surface area contributed by atoms with Crippen LogP contribution in [0.4, 0.5) is 5.69 Å².